The van der Waals surface area contributed by atoms with Crippen molar-refractivity contribution in [3.63, 3.8) is 0 Å². The van der Waals surface area contributed by atoms with Gasteiger partial charge < -0.3 is 10.6 Å². The van der Waals surface area contributed by atoms with Gasteiger partial charge in [-0.1, -0.05) is 19.3 Å². The minimum absolute atomic E-state index is 0.0826. The third-order valence-electron chi connectivity index (χ3n) is 3.62. The van der Waals surface area contributed by atoms with Crippen LogP contribution in [0.2, 0.25) is 0 Å². The summed E-state index contributed by atoms with van der Waals surface area (Å²) in [5.41, 5.74) is 5.76. The van der Waals surface area contributed by atoms with Crippen LogP contribution in [-0.2, 0) is 0 Å². The summed E-state index contributed by atoms with van der Waals surface area (Å²) in [5, 5.41) is 10.9. The second-order valence-corrected chi connectivity index (χ2v) is 5.09. The summed E-state index contributed by atoms with van der Waals surface area (Å²) < 4.78 is 0. The Hall–Kier alpha value is -2.11. The fourth-order valence-corrected chi connectivity index (χ4v) is 2.47. The van der Waals surface area contributed by atoms with Crippen molar-refractivity contribution in [3.8, 4) is 0 Å². The normalized spacial score (nSPS) is 16.3. The van der Waals surface area contributed by atoms with Crippen LogP contribution in [0, 0.1) is 10.1 Å². The SMILES string of the molecule is Nc1ccc(C(=O)N2CCCCCCC2)cc1[N+](=O)[O-]. The number of hydrogen-bond donors (Lipinski definition) is 1. The number of nitrogens with zero attached hydrogens (tertiary/aromatic N) is 2. The van der Waals surface area contributed by atoms with Crippen molar-refractivity contribution < 1.29 is 9.72 Å². The van der Waals surface area contributed by atoms with Gasteiger partial charge in [0, 0.05) is 24.7 Å². The van der Waals surface area contributed by atoms with Gasteiger partial charge in [0.05, 0.1) is 4.92 Å². The molecule has 1 amide bonds. The van der Waals surface area contributed by atoms with Crippen molar-refractivity contribution in [1.82, 2.24) is 4.90 Å². The Labute approximate surface area is 117 Å². The molecule has 2 N–H and O–H groups in total. The largest absolute Gasteiger partial charge is 0.393 e. The summed E-state index contributed by atoms with van der Waals surface area (Å²) >= 11 is 0. The van der Waals surface area contributed by atoms with Crippen LogP contribution in [0.25, 0.3) is 0 Å². The van der Waals surface area contributed by atoms with Crippen molar-refractivity contribution in [2.24, 2.45) is 0 Å². The number of benzene rings is 1. The molecular weight excluding hydrogens is 258 g/mol. The van der Waals surface area contributed by atoms with E-state index in [1.807, 2.05) is 0 Å². The molecule has 0 unspecified atom stereocenters. The molecule has 20 heavy (non-hydrogen) atoms. The number of nitro groups is 1. The highest BCUT2D eigenvalue weighted by atomic mass is 16.6. The molecule has 1 aliphatic heterocycles. The highest BCUT2D eigenvalue weighted by Crippen LogP contribution is 2.23. The molecule has 0 radical (unpaired) electrons. The Morgan fingerprint density at radius 1 is 1.15 bits per heavy atom. The van der Waals surface area contributed by atoms with E-state index in [0.29, 0.717) is 5.56 Å². The van der Waals surface area contributed by atoms with Gasteiger partial charge in [-0.15, -0.1) is 0 Å². The lowest BCUT2D eigenvalue weighted by Crippen LogP contribution is -2.33. The molecule has 1 fully saturated rings. The predicted octanol–water partition coefficient (Wildman–Crippen LogP) is 2.58. The highest BCUT2D eigenvalue weighted by Gasteiger charge is 2.20. The average Bonchev–Trinajstić information content (AvgIpc) is 2.38. The molecule has 2 rings (SSSR count). The molecule has 0 aromatic heterocycles. The van der Waals surface area contributed by atoms with Gasteiger partial charge in [0.2, 0.25) is 0 Å². The summed E-state index contributed by atoms with van der Waals surface area (Å²) in [5.74, 6) is -0.144. The summed E-state index contributed by atoms with van der Waals surface area (Å²) in [6, 6.07) is 4.26. The molecule has 0 aliphatic carbocycles. The van der Waals surface area contributed by atoms with Crippen LogP contribution in [0.4, 0.5) is 11.4 Å². The molecule has 6 heteroatoms. The van der Waals surface area contributed by atoms with Crippen molar-refractivity contribution in [1.29, 1.82) is 0 Å². The summed E-state index contributed by atoms with van der Waals surface area (Å²) in [7, 11) is 0. The first kappa shape index (κ1) is 14.3. The van der Waals surface area contributed by atoms with Gasteiger partial charge in [0.1, 0.15) is 5.69 Å². The molecule has 1 aromatic carbocycles. The zero-order chi connectivity index (χ0) is 14.5. The number of nitrogen functional groups attached to an aromatic ring is 1. The lowest BCUT2D eigenvalue weighted by molar-refractivity contribution is -0.383. The molecule has 0 spiro atoms. The van der Waals surface area contributed by atoms with Crippen molar-refractivity contribution in [3.05, 3.63) is 33.9 Å². The van der Waals surface area contributed by atoms with Gasteiger partial charge in [-0.25, -0.2) is 0 Å². The minimum atomic E-state index is -0.556. The smallest absolute Gasteiger partial charge is 0.292 e. The standard InChI is InChI=1S/C14H19N3O3/c15-12-7-6-11(10-13(12)17(19)20)14(18)16-8-4-2-1-3-5-9-16/h6-7,10H,1-5,8-9,15H2. The molecule has 0 saturated carbocycles. The van der Waals surface area contributed by atoms with Crippen LogP contribution < -0.4 is 5.73 Å². The molecule has 1 aromatic rings. The maximum atomic E-state index is 12.4. The fraction of sp³-hybridized carbons (Fsp3) is 0.500. The second-order valence-electron chi connectivity index (χ2n) is 5.09. The summed E-state index contributed by atoms with van der Waals surface area (Å²) in [6.07, 6.45) is 5.46. The fourth-order valence-electron chi connectivity index (χ4n) is 2.47. The number of nitro benzene ring substituents is 1. The van der Waals surface area contributed by atoms with E-state index in [4.69, 9.17) is 5.73 Å². The van der Waals surface area contributed by atoms with Crippen molar-refractivity contribution >= 4 is 17.3 Å². The lowest BCUT2D eigenvalue weighted by Gasteiger charge is -2.24. The van der Waals surface area contributed by atoms with E-state index < -0.39 is 4.92 Å². The molecule has 1 saturated heterocycles. The number of nitrogens with two attached hydrogens (primary N) is 1. The van der Waals surface area contributed by atoms with E-state index in [1.165, 1.54) is 18.6 Å². The Kier molecular flexibility index (Phi) is 4.55. The first-order valence-electron chi connectivity index (χ1n) is 6.93. The first-order chi connectivity index (χ1) is 9.59. The minimum Gasteiger partial charge on any atom is -0.393 e. The van der Waals surface area contributed by atoms with Crippen molar-refractivity contribution in [2.45, 2.75) is 32.1 Å². The number of hydrogen-bond acceptors (Lipinski definition) is 4. The van der Waals surface area contributed by atoms with Crippen LogP contribution in [-0.4, -0.2) is 28.8 Å². The molecule has 1 aliphatic rings. The van der Waals surface area contributed by atoms with E-state index in [9.17, 15) is 14.9 Å². The monoisotopic (exact) mass is 277 g/mol. The molecule has 108 valence electrons. The zero-order valence-electron chi connectivity index (χ0n) is 11.4. The van der Waals surface area contributed by atoms with E-state index in [-0.39, 0.29) is 17.3 Å². The Morgan fingerprint density at radius 3 is 2.35 bits per heavy atom. The maximum Gasteiger partial charge on any atom is 0.292 e. The van der Waals surface area contributed by atoms with Crippen LogP contribution >= 0.6 is 0 Å². The zero-order valence-corrected chi connectivity index (χ0v) is 11.4. The Morgan fingerprint density at radius 2 is 1.75 bits per heavy atom. The Bertz CT molecular complexity index is 508. The van der Waals surface area contributed by atoms with Crippen molar-refractivity contribution in [2.75, 3.05) is 18.8 Å². The molecule has 0 atom stereocenters. The van der Waals surface area contributed by atoms with E-state index in [0.717, 1.165) is 38.8 Å². The summed E-state index contributed by atoms with van der Waals surface area (Å²) in [4.78, 5) is 24.5. The third kappa shape index (κ3) is 3.26. The predicted molar refractivity (Wildman–Crippen MR) is 76.5 cm³/mol. The Balaban J connectivity index is 2.19. The average molecular weight is 277 g/mol. The quantitative estimate of drug-likeness (QED) is 0.511. The van der Waals surface area contributed by atoms with Gasteiger partial charge in [-0.3, -0.25) is 14.9 Å². The number of rotatable bonds is 2. The summed E-state index contributed by atoms with van der Waals surface area (Å²) in [6.45, 7) is 1.44. The van der Waals surface area contributed by atoms with E-state index >= 15 is 0 Å². The van der Waals surface area contributed by atoms with Gasteiger partial charge in [-0.2, -0.15) is 0 Å². The molecule has 1 heterocycles. The van der Waals surface area contributed by atoms with Crippen LogP contribution in [0.15, 0.2) is 18.2 Å². The van der Waals surface area contributed by atoms with Crippen LogP contribution in [0.3, 0.4) is 0 Å². The number of amides is 1. The number of likely N-dealkylation sites (tertiary alicyclic amines) is 1. The molecular formula is C14H19N3O3. The van der Waals surface area contributed by atoms with Gasteiger partial charge in [-0.05, 0) is 25.0 Å². The third-order valence-corrected chi connectivity index (χ3v) is 3.62. The number of carbonyl (C=O) groups excluding carboxylic acids is 1. The first-order valence-corrected chi connectivity index (χ1v) is 6.93. The highest BCUT2D eigenvalue weighted by molar-refractivity contribution is 5.95. The number of anilines is 1. The topological polar surface area (TPSA) is 89.5 Å². The van der Waals surface area contributed by atoms with Gasteiger partial charge in [0.25, 0.3) is 11.6 Å². The number of carbonyl (C=O) groups is 1. The van der Waals surface area contributed by atoms with E-state index in [1.54, 1.807) is 11.0 Å². The van der Waals surface area contributed by atoms with Crippen LogP contribution in [0.1, 0.15) is 42.5 Å². The van der Waals surface area contributed by atoms with E-state index in [2.05, 4.69) is 0 Å². The van der Waals surface area contributed by atoms with Gasteiger partial charge >= 0.3 is 0 Å². The van der Waals surface area contributed by atoms with Gasteiger partial charge in [0.15, 0.2) is 0 Å². The lowest BCUT2D eigenvalue weighted by atomic mass is 10.1. The maximum absolute atomic E-state index is 12.4. The molecule has 0 bridgehead atoms. The molecule has 6 nitrogen and oxygen atoms in total. The van der Waals surface area contributed by atoms with Crippen LogP contribution in [0.5, 0.6) is 0 Å². The second kappa shape index (κ2) is 6.36.